The molecule has 0 radical (unpaired) electrons. The molecule has 0 saturated carbocycles. The fourth-order valence-corrected chi connectivity index (χ4v) is 3.18. The molecular formula is C13H15FN2O3S. The number of nitrogen functional groups attached to an aromatic ring is 1. The lowest BCUT2D eigenvalue weighted by atomic mass is 10.2. The minimum Gasteiger partial charge on any atom is -0.469 e. The number of sulfonamides is 1. The molecule has 0 aliphatic carbocycles. The summed E-state index contributed by atoms with van der Waals surface area (Å²) in [6.45, 7) is 1.67. The highest BCUT2D eigenvalue weighted by molar-refractivity contribution is 7.89. The molecule has 0 amide bonds. The van der Waals surface area contributed by atoms with Gasteiger partial charge < -0.3 is 10.2 Å². The Morgan fingerprint density at radius 1 is 1.40 bits per heavy atom. The molecule has 108 valence electrons. The van der Waals surface area contributed by atoms with E-state index in [-0.39, 0.29) is 5.69 Å². The molecule has 5 nitrogen and oxygen atoms in total. The second-order valence-corrected chi connectivity index (χ2v) is 6.18. The van der Waals surface area contributed by atoms with Crippen molar-refractivity contribution in [1.82, 2.24) is 4.72 Å². The first-order valence-electron chi connectivity index (χ1n) is 5.98. The Hall–Kier alpha value is -1.86. The van der Waals surface area contributed by atoms with E-state index in [1.54, 1.807) is 19.1 Å². The van der Waals surface area contributed by atoms with Gasteiger partial charge in [-0.15, -0.1) is 0 Å². The molecule has 1 aromatic heterocycles. The Kier molecular flexibility index (Phi) is 4.10. The third-order valence-electron chi connectivity index (χ3n) is 2.69. The van der Waals surface area contributed by atoms with Crippen LogP contribution in [0.2, 0.25) is 0 Å². The van der Waals surface area contributed by atoms with Gasteiger partial charge in [-0.3, -0.25) is 0 Å². The van der Waals surface area contributed by atoms with Gasteiger partial charge in [0.15, 0.2) is 0 Å². The van der Waals surface area contributed by atoms with Crippen molar-refractivity contribution in [3.63, 3.8) is 0 Å². The Labute approximate surface area is 116 Å². The number of benzene rings is 1. The summed E-state index contributed by atoms with van der Waals surface area (Å²) in [5, 5.41) is 0. The highest BCUT2D eigenvalue weighted by Gasteiger charge is 2.22. The van der Waals surface area contributed by atoms with Crippen LogP contribution in [0.15, 0.2) is 45.9 Å². The van der Waals surface area contributed by atoms with E-state index >= 15 is 0 Å². The van der Waals surface area contributed by atoms with Crippen molar-refractivity contribution < 1.29 is 17.2 Å². The minimum atomic E-state index is -3.96. The summed E-state index contributed by atoms with van der Waals surface area (Å²) in [5.41, 5.74) is 5.68. The maximum atomic E-state index is 13.6. The largest absolute Gasteiger partial charge is 0.469 e. The molecule has 20 heavy (non-hydrogen) atoms. The summed E-state index contributed by atoms with van der Waals surface area (Å²) in [6, 6.07) is 6.45. The Balaban J connectivity index is 2.16. The quantitative estimate of drug-likeness (QED) is 0.826. The van der Waals surface area contributed by atoms with E-state index in [4.69, 9.17) is 10.2 Å². The van der Waals surface area contributed by atoms with E-state index in [0.717, 1.165) is 12.1 Å². The number of hydrogen-bond donors (Lipinski definition) is 2. The third kappa shape index (κ3) is 3.37. The lowest BCUT2D eigenvalue weighted by Crippen LogP contribution is -2.34. The van der Waals surface area contributed by atoms with E-state index in [0.29, 0.717) is 12.2 Å². The number of hydrogen-bond acceptors (Lipinski definition) is 4. The number of halogens is 1. The molecule has 0 bridgehead atoms. The molecule has 0 aliphatic heterocycles. The maximum Gasteiger partial charge on any atom is 0.243 e. The third-order valence-corrected chi connectivity index (χ3v) is 4.29. The van der Waals surface area contributed by atoms with Crippen molar-refractivity contribution in [3.8, 4) is 0 Å². The summed E-state index contributed by atoms with van der Waals surface area (Å²) < 4.78 is 45.3. The molecule has 7 heteroatoms. The summed E-state index contributed by atoms with van der Waals surface area (Å²) in [6.07, 6.45) is 1.88. The smallest absolute Gasteiger partial charge is 0.243 e. The van der Waals surface area contributed by atoms with Gasteiger partial charge in [0.1, 0.15) is 16.5 Å². The summed E-state index contributed by atoms with van der Waals surface area (Å²) in [7, 11) is -3.96. The van der Waals surface area contributed by atoms with Gasteiger partial charge in [0.05, 0.1) is 6.26 Å². The van der Waals surface area contributed by atoms with Crippen LogP contribution in [-0.4, -0.2) is 14.5 Å². The van der Waals surface area contributed by atoms with Crippen molar-refractivity contribution in [3.05, 3.63) is 48.2 Å². The summed E-state index contributed by atoms with van der Waals surface area (Å²) >= 11 is 0. The highest BCUT2D eigenvalue weighted by atomic mass is 32.2. The lowest BCUT2D eigenvalue weighted by molar-refractivity contribution is 0.478. The summed E-state index contributed by atoms with van der Waals surface area (Å²) in [5.74, 6) is -0.190. The molecule has 0 spiro atoms. The molecule has 3 N–H and O–H groups in total. The molecule has 1 atom stereocenters. The molecule has 0 fully saturated rings. The van der Waals surface area contributed by atoms with Crippen LogP contribution in [0, 0.1) is 5.82 Å². The van der Waals surface area contributed by atoms with Crippen LogP contribution in [0.25, 0.3) is 0 Å². The topological polar surface area (TPSA) is 85.3 Å². The molecule has 0 saturated heterocycles. The molecule has 0 aliphatic rings. The Bertz CT molecular complexity index is 684. The van der Waals surface area contributed by atoms with E-state index in [1.807, 2.05) is 0 Å². The minimum absolute atomic E-state index is 0.186. The van der Waals surface area contributed by atoms with Crippen molar-refractivity contribution >= 4 is 15.7 Å². The van der Waals surface area contributed by atoms with E-state index < -0.39 is 26.8 Å². The van der Waals surface area contributed by atoms with Crippen LogP contribution in [-0.2, 0) is 16.4 Å². The zero-order chi connectivity index (χ0) is 14.8. The van der Waals surface area contributed by atoms with Crippen LogP contribution in [0.5, 0.6) is 0 Å². The van der Waals surface area contributed by atoms with Gasteiger partial charge in [0.2, 0.25) is 10.0 Å². The van der Waals surface area contributed by atoms with Gasteiger partial charge >= 0.3 is 0 Å². The SMILES string of the molecule is CC(Cc1ccco1)NS(=O)(=O)c1cc(N)ccc1F. The van der Waals surface area contributed by atoms with Crippen molar-refractivity contribution in [2.75, 3.05) is 5.73 Å². The molecule has 1 unspecified atom stereocenters. The van der Waals surface area contributed by atoms with Crippen LogP contribution in [0.3, 0.4) is 0 Å². The van der Waals surface area contributed by atoms with Gasteiger partial charge in [-0.1, -0.05) is 0 Å². The second kappa shape index (κ2) is 5.64. The van der Waals surface area contributed by atoms with Crippen LogP contribution in [0.1, 0.15) is 12.7 Å². The molecule has 1 aromatic carbocycles. The van der Waals surface area contributed by atoms with Crippen LogP contribution >= 0.6 is 0 Å². The first-order chi connectivity index (χ1) is 9.38. The number of nitrogens with two attached hydrogens (primary N) is 1. The van der Waals surface area contributed by atoms with Crippen molar-refractivity contribution in [2.24, 2.45) is 0 Å². The fraction of sp³-hybridized carbons (Fsp3) is 0.231. The predicted molar refractivity (Wildman–Crippen MR) is 73.0 cm³/mol. The first-order valence-corrected chi connectivity index (χ1v) is 7.46. The van der Waals surface area contributed by atoms with Crippen molar-refractivity contribution in [1.29, 1.82) is 0 Å². The van der Waals surface area contributed by atoms with Crippen LogP contribution < -0.4 is 10.5 Å². The zero-order valence-electron chi connectivity index (χ0n) is 10.8. The molecule has 2 aromatic rings. The van der Waals surface area contributed by atoms with E-state index in [1.165, 1.54) is 12.3 Å². The average Bonchev–Trinajstić information content (AvgIpc) is 2.84. The second-order valence-electron chi connectivity index (χ2n) is 4.50. The molecule has 2 rings (SSSR count). The van der Waals surface area contributed by atoms with Crippen molar-refractivity contribution in [2.45, 2.75) is 24.3 Å². The Morgan fingerprint density at radius 2 is 2.15 bits per heavy atom. The lowest BCUT2D eigenvalue weighted by Gasteiger charge is -2.13. The van der Waals surface area contributed by atoms with E-state index in [2.05, 4.69) is 4.72 Å². The van der Waals surface area contributed by atoms with E-state index in [9.17, 15) is 12.8 Å². The van der Waals surface area contributed by atoms with Gasteiger partial charge in [-0.2, -0.15) is 0 Å². The first kappa shape index (κ1) is 14.5. The number of nitrogens with one attached hydrogen (secondary N) is 1. The van der Waals surface area contributed by atoms with Crippen LogP contribution in [0.4, 0.5) is 10.1 Å². The predicted octanol–water partition coefficient (Wildman–Crippen LogP) is 1.91. The number of rotatable bonds is 5. The molecular weight excluding hydrogens is 283 g/mol. The maximum absolute atomic E-state index is 13.6. The highest BCUT2D eigenvalue weighted by Crippen LogP contribution is 2.18. The fourth-order valence-electron chi connectivity index (χ4n) is 1.83. The van der Waals surface area contributed by atoms with Gasteiger partial charge in [0, 0.05) is 18.2 Å². The molecule has 1 heterocycles. The van der Waals surface area contributed by atoms with Gasteiger partial charge in [-0.25, -0.2) is 17.5 Å². The zero-order valence-corrected chi connectivity index (χ0v) is 11.7. The number of anilines is 1. The average molecular weight is 298 g/mol. The van der Waals surface area contributed by atoms with Gasteiger partial charge in [-0.05, 0) is 37.3 Å². The monoisotopic (exact) mass is 298 g/mol. The Morgan fingerprint density at radius 3 is 2.80 bits per heavy atom. The summed E-state index contributed by atoms with van der Waals surface area (Å²) in [4.78, 5) is -0.455. The number of furan rings is 1. The standard InChI is InChI=1S/C13H15FN2O3S/c1-9(7-11-3-2-6-19-11)16-20(17,18)13-8-10(15)4-5-12(13)14/h2-6,8-9,16H,7,15H2,1H3. The normalized spacial score (nSPS) is 13.3. The van der Waals surface area contributed by atoms with Gasteiger partial charge in [0.25, 0.3) is 0 Å².